The summed E-state index contributed by atoms with van der Waals surface area (Å²) in [7, 11) is 0. The second-order valence-electron chi connectivity index (χ2n) is 6.63. The van der Waals surface area contributed by atoms with Gasteiger partial charge in [0.05, 0.1) is 27.8 Å². The van der Waals surface area contributed by atoms with E-state index in [0.29, 0.717) is 33.3 Å². The van der Waals surface area contributed by atoms with E-state index in [1.807, 2.05) is 0 Å². The molecule has 2 heterocycles. The normalized spacial score (nSPS) is 15.6. The van der Waals surface area contributed by atoms with Crippen LogP contribution in [0.25, 0.3) is 11.3 Å². The first-order valence-corrected chi connectivity index (χ1v) is 9.50. The lowest BCUT2D eigenvalue weighted by atomic mass is 10.1. The largest absolute Gasteiger partial charge is 0.323 e. The Kier molecular flexibility index (Phi) is 5.02. The molecule has 0 bridgehead atoms. The summed E-state index contributed by atoms with van der Waals surface area (Å²) in [5.74, 6) is -0.681. The topological polar surface area (TPSA) is 76.0 Å². The molecule has 1 atom stereocenters. The highest BCUT2D eigenvalue weighted by Gasteiger charge is 2.34. The molecule has 0 radical (unpaired) electrons. The standard InChI is InChI=1S/C20H15Cl2FN4O2/c1-10-18(11-5-7-12(23)8-6-11)26-27-15(9-16(28)25-19(10)27)20(29)24-14-4-2-3-13(21)17(14)22/h2-8,15H,9H2,1H3,(H,24,29)(H,25,28)/t15-/m1/s1. The summed E-state index contributed by atoms with van der Waals surface area (Å²) >= 11 is 12.1. The number of carbonyl (C=O) groups excluding carboxylic acids is 2. The number of hydrogen-bond acceptors (Lipinski definition) is 3. The molecule has 9 heteroatoms. The molecule has 0 saturated carbocycles. The number of rotatable bonds is 3. The van der Waals surface area contributed by atoms with Gasteiger partial charge in [0.2, 0.25) is 11.8 Å². The van der Waals surface area contributed by atoms with Gasteiger partial charge in [-0.05, 0) is 43.3 Å². The molecule has 29 heavy (non-hydrogen) atoms. The van der Waals surface area contributed by atoms with Gasteiger partial charge in [0, 0.05) is 11.1 Å². The monoisotopic (exact) mass is 432 g/mol. The van der Waals surface area contributed by atoms with Crippen molar-refractivity contribution in [3.8, 4) is 11.3 Å². The fraction of sp³-hybridized carbons (Fsp3) is 0.150. The molecule has 0 spiro atoms. The summed E-state index contributed by atoms with van der Waals surface area (Å²) in [5.41, 5.74) is 2.26. The molecule has 1 aliphatic heterocycles. The molecule has 0 saturated heterocycles. The van der Waals surface area contributed by atoms with Crippen molar-refractivity contribution in [1.29, 1.82) is 0 Å². The van der Waals surface area contributed by atoms with Gasteiger partial charge in [0.15, 0.2) is 0 Å². The van der Waals surface area contributed by atoms with Gasteiger partial charge < -0.3 is 10.6 Å². The summed E-state index contributed by atoms with van der Waals surface area (Å²) < 4.78 is 14.7. The molecule has 1 aliphatic rings. The molecular weight excluding hydrogens is 418 g/mol. The minimum Gasteiger partial charge on any atom is -0.323 e. The SMILES string of the molecule is Cc1c(-c2ccc(F)cc2)nn2c1NC(=O)C[C@@H]2C(=O)Nc1cccc(Cl)c1Cl. The average Bonchev–Trinajstić information content (AvgIpc) is 3.02. The van der Waals surface area contributed by atoms with Crippen LogP contribution in [0.1, 0.15) is 18.0 Å². The van der Waals surface area contributed by atoms with E-state index in [4.69, 9.17) is 23.2 Å². The Morgan fingerprint density at radius 2 is 1.97 bits per heavy atom. The van der Waals surface area contributed by atoms with E-state index < -0.39 is 11.9 Å². The lowest BCUT2D eigenvalue weighted by Gasteiger charge is -2.24. The summed E-state index contributed by atoms with van der Waals surface area (Å²) in [6, 6.07) is 9.87. The van der Waals surface area contributed by atoms with Crippen LogP contribution in [0.3, 0.4) is 0 Å². The Morgan fingerprint density at radius 1 is 1.24 bits per heavy atom. The molecule has 0 aliphatic carbocycles. The Labute approximate surface area is 175 Å². The quantitative estimate of drug-likeness (QED) is 0.622. The number of carbonyl (C=O) groups is 2. The van der Waals surface area contributed by atoms with Crippen molar-refractivity contribution in [2.24, 2.45) is 0 Å². The third kappa shape index (κ3) is 3.59. The zero-order chi connectivity index (χ0) is 20.7. The summed E-state index contributed by atoms with van der Waals surface area (Å²) in [4.78, 5) is 25.2. The van der Waals surface area contributed by atoms with E-state index in [9.17, 15) is 14.0 Å². The zero-order valence-electron chi connectivity index (χ0n) is 15.2. The zero-order valence-corrected chi connectivity index (χ0v) is 16.7. The fourth-order valence-electron chi connectivity index (χ4n) is 3.24. The smallest absolute Gasteiger partial charge is 0.249 e. The van der Waals surface area contributed by atoms with Gasteiger partial charge in [0.25, 0.3) is 0 Å². The summed E-state index contributed by atoms with van der Waals surface area (Å²) in [6.07, 6.45) is -0.0823. The van der Waals surface area contributed by atoms with E-state index >= 15 is 0 Å². The van der Waals surface area contributed by atoms with Crippen LogP contribution in [0.5, 0.6) is 0 Å². The number of benzene rings is 2. The Morgan fingerprint density at radius 3 is 2.69 bits per heavy atom. The predicted octanol–water partition coefficient (Wildman–Crippen LogP) is 4.83. The van der Waals surface area contributed by atoms with Crippen LogP contribution in [0.15, 0.2) is 42.5 Å². The van der Waals surface area contributed by atoms with Crippen LogP contribution in [0.4, 0.5) is 15.9 Å². The third-order valence-electron chi connectivity index (χ3n) is 4.71. The maximum atomic E-state index is 13.3. The Hall–Kier alpha value is -2.90. The van der Waals surface area contributed by atoms with Gasteiger partial charge in [-0.2, -0.15) is 5.10 Å². The maximum Gasteiger partial charge on any atom is 0.249 e. The highest BCUT2D eigenvalue weighted by atomic mass is 35.5. The molecule has 0 fully saturated rings. The maximum absolute atomic E-state index is 13.3. The van der Waals surface area contributed by atoms with Gasteiger partial charge in [-0.3, -0.25) is 9.59 Å². The lowest BCUT2D eigenvalue weighted by molar-refractivity contribution is -0.125. The highest BCUT2D eigenvalue weighted by Crippen LogP contribution is 2.35. The van der Waals surface area contributed by atoms with Crippen LogP contribution in [0, 0.1) is 12.7 Å². The number of aromatic nitrogens is 2. The molecule has 4 rings (SSSR count). The highest BCUT2D eigenvalue weighted by molar-refractivity contribution is 6.44. The first-order chi connectivity index (χ1) is 13.8. The second kappa shape index (κ2) is 7.50. The molecule has 2 aromatic carbocycles. The van der Waals surface area contributed by atoms with Crippen LogP contribution < -0.4 is 10.6 Å². The van der Waals surface area contributed by atoms with E-state index in [1.54, 1.807) is 37.3 Å². The predicted molar refractivity (Wildman–Crippen MR) is 110 cm³/mol. The van der Waals surface area contributed by atoms with Crippen molar-refractivity contribution in [2.75, 3.05) is 10.6 Å². The van der Waals surface area contributed by atoms with Gasteiger partial charge in [-0.15, -0.1) is 0 Å². The van der Waals surface area contributed by atoms with Crippen LogP contribution in [-0.4, -0.2) is 21.6 Å². The second-order valence-corrected chi connectivity index (χ2v) is 7.42. The third-order valence-corrected chi connectivity index (χ3v) is 5.53. The number of anilines is 2. The minimum atomic E-state index is -0.873. The number of hydrogen-bond donors (Lipinski definition) is 2. The number of amides is 2. The molecule has 6 nitrogen and oxygen atoms in total. The van der Waals surface area contributed by atoms with E-state index in [-0.39, 0.29) is 23.2 Å². The van der Waals surface area contributed by atoms with Gasteiger partial charge >= 0.3 is 0 Å². The van der Waals surface area contributed by atoms with Crippen molar-refractivity contribution in [3.05, 3.63) is 63.9 Å². The fourth-order valence-corrected chi connectivity index (χ4v) is 3.59. The summed E-state index contributed by atoms with van der Waals surface area (Å²) in [5, 5.41) is 10.5. The lowest BCUT2D eigenvalue weighted by Crippen LogP contribution is -2.36. The molecule has 2 N–H and O–H groups in total. The molecule has 3 aromatic rings. The van der Waals surface area contributed by atoms with Gasteiger partial charge in [-0.25, -0.2) is 9.07 Å². The molecule has 0 unspecified atom stereocenters. The Balaban J connectivity index is 1.71. The molecule has 2 amide bonds. The minimum absolute atomic E-state index is 0.0823. The van der Waals surface area contributed by atoms with Crippen LogP contribution >= 0.6 is 23.2 Å². The van der Waals surface area contributed by atoms with Crippen LogP contribution in [-0.2, 0) is 9.59 Å². The van der Waals surface area contributed by atoms with E-state index in [1.165, 1.54) is 16.8 Å². The van der Waals surface area contributed by atoms with Gasteiger partial charge in [0.1, 0.15) is 17.7 Å². The summed E-state index contributed by atoms with van der Waals surface area (Å²) in [6.45, 7) is 1.78. The van der Waals surface area contributed by atoms with E-state index in [0.717, 1.165) is 0 Å². The van der Waals surface area contributed by atoms with Crippen molar-refractivity contribution in [1.82, 2.24) is 9.78 Å². The van der Waals surface area contributed by atoms with Crippen molar-refractivity contribution < 1.29 is 14.0 Å². The van der Waals surface area contributed by atoms with Gasteiger partial charge in [-0.1, -0.05) is 29.3 Å². The number of halogens is 3. The number of nitrogens with one attached hydrogen (secondary N) is 2. The van der Waals surface area contributed by atoms with Crippen LogP contribution in [0.2, 0.25) is 10.0 Å². The van der Waals surface area contributed by atoms with E-state index in [2.05, 4.69) is 15.7 Å². The molecular formula is C20H15Cl2FN4O2. The van der Waals surface area contributed by atoms with Crippen molar-refractivity contribution in [3.63, 3.8) is 0 Å². The first kappa shape index (κ1) is 19.4. The number of fused-ring (bicyclic) bond motifs is 1. The van der Waals surface area contributed by atoms with Crippen molar-refractivity contribution in [2.45, 2.75) is 19.4 Å². The molecule has 148 valence electrons. The first-order valence-electron chi connectivity index (χ1n) is 8.75. The number of nitrogens with zero attached hydrogens (tertiary/aromatic N) is 2. The Bertz CT molecular complexity index is 1130. The average molecular weight is 433 g/mol. The molecule has 1 aromatic heterocycles. The van der Waals surface area contributed by atoms with Crippen molar-refractivity contribution >= 4 is 46.5 Å².